The predicted molar refractivity (Wildman–Crippen MR) is 83.3 cm³/mol. The molecule has 6 heteroatoms. The summed E-state index contributed by atoms with van der Waals surface area (Å²) in [5.41, 5.74) is 1.36. The lowest BCUT2D eigenvalue weighted by molar-refractivity contribution is -0.115. The molecule has 0 fully saturated rings. The van der Waals surface area contributed by atoms with E-state index in [0.29, 0.717) is 10.7 Å². The van der Waals surface area contributed by atoms with E-state index < -0.39 is 9.84 Å². The number of anilines is 1. The number of sulfone groups is 1. The van der Waals surface area contributed by atoms with Crippen molar-refractivity contribution in [3.05, 3.63) is 59.1 Å². The molecule has 0 aromatic heterocycles. The van der Waals surface area contributed by atoms with Crippen LogP contribution in [-0.2, 0) is 21.1 Å². The molecule has 0 saturated heterocycles. The molecule has 0 unspecified atom stereocenters. The van der Waals surface area contributed by atoms with Crippen LogP contribution in [0.5, 0.6) is 0 Å². The molecule has 0 aliphatic heterocycles. The van der Waals surface area contributed by atoms with Gasteiger partial charge in [-0.15, -0.1) is 0 Å². The smallest absolute Gasteiger partial charge is 0.228 e. The van der Waals surface area contributed by atoms with Gasteiger partial charge in [0.25, 0.3) is 0 Å². The van der Waals surface area contributed by atoms with Gasteiger partial charge in [0, 0.05) is 17.0 Å². The molecule has 4 nitrogen and oxygen atoms in total. The van der Waals surface area contributed by atoms with E-state index in [1.807, 2.05) is 0 Å². The second kappa shape index (κ2) is 6.28. The Kier molecular flexibility index (Phi) is 4.65. The minimum Gasteiger partial charge on any atom is -0.326 e. The van der Waals surface area contributed by atoms with Crippen LogP contribution in [-0.4, -0.2) is 20.6 Å². The maximum absolute atomic E-state index is 11.9. The first kappa shape index (κ1) is 15.5. The summed E-state index contributed by atoms with van der Waals surface area (Å²) in [6.07, 6.45) is 1.31. The number of rotatable bonds is 4. The summed E-state index contributed by atoms with van der Waals surface area (Å²) >= 11 is 5.84. The van der Waals surface area contributed by atoms with Crippen molar-refractivity contribution >= 4 is 33.0 Å². The van der Waals surface area contributed by atoms with E-state index in [1.54, 1.807) is 36.4 Å². The zero-order chi connectivity index (χ0) is 15.5. The van der Waals surface area contributed by atoms with Crippen molar-refractivity contribution < 1.29 is 13.2 Å². The van der Waals surface area contributed by atoms with Crippen molar-refractivity contribution in [2.45, 2.75) is 11.3 Å². The Bertz CT molecular complexity index is 755. The fourth-order valence-corrected chi connectivity index (χ4v) is 2.63. The topological polar surface area (TPSA) is 63.2 Å². The average molecular weight is 324 g/mol. The molecule has 1 N–H and O–H groups in total. The molecule has 0 aliphatic rings. The van der Waals surface area contributed by atoms with Gasteiger partial charge >= 0.3 is 0 Å². The van der Waals surface area contributed by atoms with E-state index in [0.717, 1.165) is 11.8 Å². The number of carbonyl (C=O) groups is 1. The van der Waals surface area contributed by atoms with Gasteiger partial charge in [-0.3, -0.25) is 4.79 Å². The van der Waals surface area contributed by atoms with Crippen LogP contribution >= 0.6 is 11.6 Å². The molecule has 1 amide bonds. The Balaban J connectivity index is 2.03. The quantitative estimate of drug-likeness (QED) is 0.941. The van der Waals surface area contributed by atoms with Gasteiger partial charge in [0.1, 0.15) is 0 Å². The zero-order valence-electron chi connectivity index (χ0n) is 11.3. The third-order valence-corrected chi connectivity index (χ3v) is 4.19. The molecule has 2 aromatic rings. The largest absolute Gasteiger partial charge is 0.326 e. The molecule has 0 bridgehead atoms. The zero-order valence-corrected chi connectivity index (χ0v) is 12.9. The molecule has 2 aromatic carbocycles. The molecule has 21 heavy (non-hydrogen) atoms. The summed E-state index contributed by atoms with van der Waals surface area (Å²) in [5, 5.41) is 3.28. The standard InChI is InChI=1S/C15H14ClNO3S/c1-21(19,20)14-7-5-11(6-8-14)9-15(18)17-13-4-2-3-12(16)10-13/h2-8,10H,9H2,1H3,(H,17,18). The highest BCUT2D eigenvalue weighted by Crippen LogP contribution is 2.16. The Morgan fingerprint density at radius 2 is 1.81 bits per heavy atom. The summed E-state index contributed by atoms with van der Waals surface area (Å²) in [4.78, 5) is 12.1. The van der Waals surface area contributed by atoms with Crippen LogP contribution in [0.2, 0.25) is 5.02 Å². The van der Waals surface area contributed by atoms with E-state index in [-0.39, 0.29) is 17.2 Å². The maximum atomic E-state index is 11.9. The summed E-state index contributed by atoms with van der Waals surface area (Å²) < 4.78 is 22.7. The van der Waals surface area contributed by atoms with Crippen molar-refractivity contribution in [3.63, 3.8) is 0 Å². The van der Waals surface area contributed by atoms with Crippen molar-refractivity contribution in [3.8, 4) is 0 Å². The Morgan fingerprint density at radius 1 is 1.14 bits per heavy atom. The Morgan fingerprint density at radius 3 is 2.38 bits per heavy atom. The maximum Gasteiger partial charge on any atom is 0.228 e. The summed E-state index contributed by atoms with van der Waals surface area (Å²) in [7, 11) is -3.22. The lowest BCUT2D eigenvalue weighted by atomic mass is 10.1. The SMILES string of the molecule is CS(=O)(=O)c1ccc(CC(=O)Nc2cccc(Cl)c2)cc1. The minimum absolute atomic E-state index is 0.163. The van der Waals surface area contributed by atoms with Crippen LogP contribution in [0.4, 0.5) is 5.69 Å². The molecule has 0 saturated carbocycles. The van der Waals surface area contributed by atoms with Gasteiger partial charge in [0.2, 0.25) is 5.91 Å². The fourth-order valence-electron chi connectivity index (χ4n) is 1.81. The third-order valence-electron chi connectivity index (χ3n) is 2.82. The van der Waals surface area contributed by atoms with E-state index in [4.69, 9.17) is 11.6 Å². The lowest BCUT2D eigenvalue weighted by Crippen LogP contribution is -2.14. The number of carbonyl (C=O) groups excluding carboxylic acids is 1. The summed E-state index contributed by atoms with van der Waals surface area (Å²) in [6.45, 7) is 0. The highest BCUT2D eigenvalue weighted by molar-refractivity contribution is 7.90. The van der Waals surface area contributed by atoms with Crippen molar-refractivity contribution in [2.75, 3.05) is 11.6 Å². The number of nitrogens with one attached hydrogen (secondary N) is 1. The number of hydrogen-bond donors (Lipinski definition) is 1. The van der Waals surface area contributed by atoms with E-state index in [2.05, 4.69) is 5.32 Å². The van der Waals surface area contributed by atoms with Gasteiger partial charge in [-0.1, -0.05) is 29.8 Å². The highest BCUT2D eigenvalue weighted by atomic mass is 35.5. The van der Waals surface area contributed by atoms with Crippen molar-refractivity contribution in [2.24, 2.45) is 0 Å². The third kappa shape index (κ3) is 4.58. The van der Waals surface area contributed by atoms with Crippen LogP contribution in [0.3, 0.4) is 0 Å². The van der Waals surface area contributed by atoms with Crippen LogP contribution < -0.4 is 5.32 Å². The van der Waals surface area contributed by atoms with Gasteiger partial charge in [0.05, 0.1) is 11.3 Å². The molecule has 0 radical (unpaired) electrons. The van der Waals surface area contributed by atoms with Gasteiger partial charge < -0.3 is 5.32 Å². The molecule has 0 spiro atoms. The minimum atomic E-state index is -3.22. The molecule has 2 rings (SSSR count). The lowest BCUT2D eigenvalue weighted by Gasteiger charge is -2.06. The highest BCUT2D eigenvalue weighted by Gasteiger charge is 2.08. The Hall–Kier alpha value is -1.85. The van der Waals surface area contributed by atoms with E-state index in [1.165, 1.54) is 12.1 Å². The van der Waals surface area contributed by atoms with Gasteiger partial charge in [-0.2, -0.15) is 0 Å². The summed E-state index contributed by atoms with van der Waals surface area (Å²) in [6, 6.07) is 13.1. The van der Waals surface area contributed by atoms with Crippen molar-refractivity contribution in [1.82, 2.24) is 0 Å². The Labute approximate surface area is 128 Å². The molecular formula is C15H14ClNO3S. The number of amides is 1. The van der Waals surface area contributed by atoms with Crippen molar-refractivity contribution in [1.29, 1.82) is 0 Å². The van der Waals surface area contributed by atoms with E-state index >= 15 is 0 Å². The molecule has 0 atom stereocenters. The first-order chi connectivity index (χ1) is 9.84. The number of benzene rings is 2. The first-order valence-corrected chi connectivity index (χ1v) is 8.46. The second-order valence-corrected chi connectivity index (χ2v) is 7.10. The monoisotopic (exact) mass is 323 g/mol. The second-order valence-electron chi connectivity index (χ2n) is 4.65. The average Bonchev–Trinajstić information content (AvgIpc) is 2.38. The van der Waals surface area contributed by atoms with E-state index in [9.17, 15) is 13.2 Å². The molecule has 0 heterocycles. The molecular weight excluding hydrogens is 310 g/mol. The van der Waals surface area contributed by atoms with Gasteiger partial charge in [0.15, 0.2) is 9.84 Å². The van der Waals surface area contributed by atoms with Gasteiger partial charge in [-0.05, 0) is 35.9 Å². The van der Waals surface area contributed by atoms with Gasteiger partial charge in [-0.25, -0.2) is 8.42 Å². The van der Waals surface area contributed by atoms with Crippen LogP contribution in [0.15, 0.2) is 53.4 Å². The fraction of sp³-hybridized carbons (Fsp3) is 0.133. The van der Waals surface area contributed by atoms with Crippen LogP contribution in [0.25, 0.3) is 0 Å². The number of hydrogen-bond acceptors (Lipinski definition) is 3. The molecule has 0 aliphatic carbocycles. The predicted octanol–water partition coefficient (Wildman–Crippen LogP) is 2.92. The first-order valence-electron chi connectivity index (χ1n) is 6.19. The van der Waals surface area contributed by atoms with Crippen LogP contribution in [0.1, 0.15) is 5.56 Å². The number of halogens is 1. The normalized spacial score (nSPS) is 11.1. The van der Waals surface area contributed by atoms with Crippen LogP contribution in [0, 0.1) is 0 Å². The molecule has 110 valence electrons. The summed E-state index contributed by atoms with van der Waals surface area (Å²) in [5.74, 6) is -0.190.